The number of carbonyl (C=O) groups excluding carboxylic acids is 3. The Morgan fingerprint density at radius 1 is 1.21 bits per heavy atom. The van der Waals surface area contributed by atoms with Crippen LogP contribution >= 0.6 is 11.3 Å². The second-order valence-corrected chi connectivity index (χ2v) is 9.24. The van der Waals surface area contributed by atoms with Gasteiger partial charge in [-0.1, -0.05) is 30.3 Å². The summed E-state index contributed by atoms with van der Waals surface area (Å²) < 4.78 is 5.47. The van der Waals surface area contributed by atoms with Crippen LogP contribution in [0, 0.1) is 6.92 Å². The number of benzene rings is 1. The van der Waals surface area contributed by atoms with Gasteiger partial charge in [0.25, 0.3) is 11.8 Å². The molecule has 0 radical (unpaired) electrons. The molecule has 2 unspecified atom stereocenters. The number of imide groups is 1. The lowest BCUT2D eigenvalue weighted by atomic mass is 9.88. The number of hydrogen-bond donors (Lipinski definition) is 1. The van der Waals surface area contributed by atoms with Gasteiger partial charge in [-0.25, -0.2) is 9.80 Å². The van der Waals surface area contributed by atoms with Crippen molar-refractivity contribution in [3.63, 3.8) is 0 Å². The molecule has 2 atom stereocenters. The van der Waals surface area contributed by atoms with E-state index < -0.39 is 29.9 Å². The summed E-state index contributed by atoms with van der Waals surface area (Å²) >= 11 is 1.53. The molecule has 2 aliphatic rings. The zero-order chi connectivity index (χ0) is 23.2. The van der Waals surface area contributed by atoms with Gasteiger partial charge in [0.1, 0.15) is 23.6 Å². The number of hydrazone groups is 1. The Morgan fingerprint density at radius 2 is 2.03 bits per heavy atom. The third-order valence-electron chi connectivity index (χ3n) is 6.10. The number of nitrogens with one attached hydrogen (secondary N) is 1. The first kappa shape index (κ1) is 21.1. The third-order valence-corrected chi connectivity index (χ3v) is 7.07. The van der Waals surface area contributed by atoms with E-state index in [1.807, 2.05) is 48.7 Å². The van der Waals surface area contributed by atoms with Crippen molar-refractivity contribution in [2.45, 2.75) is 31.8 Å². The predicted molar refractivity (Wildman–Crippen MR) is 123 cm³/mol. The number of rotatable bonds is 5. The van der Waals surface area contributed by atoms with Gasteiger partial charge in [-0.2, -0.15) is 5.10 Å². The maximum Gasteiger partial charge on any atom is 0.325 e. The number of aryl methyl sites for hydroxylation is 1. The van der Waals surface area contributed by atoms with Crippen molar-refractivity contribution >= 4 is 34.9 Å². The van der Waals surface area contributed by atoms with Crippen molar-refractivity contribution in [2.24, 2.45) is 5.10 Å². The first-order valence-electron chi connectivity index (χ1n) is 10.6. The molecule has 0 aliphatic carbocycles. The summed E-state index contributed by atoms with van der Waals surface area (Å²) in [6, 6.07) is 13.9. The molecule has 8 nitrogen and oxygen atoms in total. The van der Waals surface area contributed by atoms with Crippen molar-refractivity contribution < 1.29 is 18.8 Å². The van der Waals surface area contributed by atoms with E-state index in [0.29, 0.717) is 23.5 Å². The van der Waals surface area contributed by atoms with E-state index in [-0.39, 0.29) is 6.04 Å². The SMILES string of the molecule is Cc1ccccc1C1(C)NC(=O)N(CC(=O)N2N=C(c3ccco3)CC2c2cccs2)C1=O. The van der Waals surface area contributed by atoms with Crippen LogP contribution in [0.2, 0.25) is 0 Å². The molecule has 0 bridgehead atoms. The normalized spacial score (nSPS) is 22.6. The van der Waals surface area contributed by atoms with E-state index in [1.54, 1.807) is 25.3 Å². The number of hydrogen-bond acceptors (Lipinski definition) is 6. The molecule has 2 aromatic heterocycles. The minimum Gasteiger partial charge on any atom is -0.463 e. The Labute approximate surface area is 194 Å². The first-order chi connectivity index (χ1) is 15.9. The van der Waals surface area contributed by atoms with Crippen LogP contribution in [0.4, 0.5) is 4.79 Å². The highest BCUT2D eigenvalue weighted by atomic mass is 32.1. The van der Waals surface area contributed by atoms with E-state index in [0.717, 1.165) is 15.3 Å². The Kier molecular flexibility index (Phi) is 5.13. The fourth-order valence-electron chi connectivity index (χ4n) is 4.40. The maximum absolute atomic E-state index is 13.3. The number of carbonyl (C=O) groups is 3. The van der Waals surface area contributed by atoms with Crippen LogP contribution in [-0.4, -0.2) is 40.0 Å². The lowest BCUT2D eigenvalue weighted by Crippen LogP contribution is -2.43. The molecule has 4 heterocycles. The van der Waals surface area contributed by atoms with Crippen LogP contribution < -0.4 is 5.32 Å². The molecule has 0 saturated carbocycles. The number of furan rings is 1. The smallest absolute Gasteiger partial charge is 0.325 e. The van der Waals surface area contributed by atoms with E-state index in [4.69, 9.17) is 4.42 Å². The van der Waals surface area contributed by atoms with Crippen molar-refractivity contribution in [1.29, 1.82) is 0 Å². The Balaban J connectivity index is 1.41. The van der Waals surface area contributed by atoms with Crippen molar-refractivity contribution in [3.05, 3.63) is 81.9 Å². The lowest BCUT2D eigenvalue weighted by molar-refractivity contribution is -0.139. The van der Waals surface area contributed by atoms with Crippen LogP contribution in [0.25, 0.3) is 0 Å². The van der Waals surface area contributed by atoms with Crippen LogP contribution in [0.5, 0.6) is 0 Å². The molecule has 4 amide bonds. The molecule has 0 spiro atoms. The second kappa shape index (κ2) is 8.00. The first-order valence-corrected chi connectivity index (χ1v) is 11.4. The van der Waals surface area contributed by atoms with E-state index in [1.165, 1.54) is 16.3 Å². The van der Waals surface area contributed by atoms with Crippen LogP contribution in [0.3, 0.4) is 0 Å². The Morgan fingerprint density at radius 3 is 2.73 bits per heavy atom. The molecule has 1 saturated heterocycles. The number of urea groups is 1. The van der Waals surface area contributed by atoms with E-state index in [9.17, 15) is 14.4 Å². The average Bonchev–Trinajstić information content (AvgIpc) is 3.58. The maximum atomic E-state index is 13.3. The van der Waals surface area contributed by atoms with Gasteiger partial charge in [-0.15, -0.1) is 11.3 Å². The van der Waals surface area contributed by atoms with E-state index in [2.05, 4.69) is 10.4 Å². The van der Waals surface area contributed by atoms with Crippen molar-refractivity contribution in [2.75, 3.05) is 6.54 Å². The highest BCUT2D eigenvalue weighted by Crippen LogP contribution is 2.36. The topological polar surface area (TPSA) is 95.2 Å². The minimum absolute atomic E-state index is 0.318. The number of nitrogens with zero attached hydrogens (tertiary/aromatic N) is 3. The molecule has 5 rings (SSSR count). The monoisotopic (exact) mass is 462 g/mol. The van der Waals surface area contributed by atoms with Crippen LogP contribution in [0.1, 0.15) is 41.2 Å². The molecule has 1 fully saturated rings. The molecule has 2 aliphatic heterocycles. The molecule has 1 aromatic carbocycles. The summed E-state index contributed by atoms with van der Waals surface area (Å²) in [6.45, 7) is 3.15. The molecule has 3 aromatic rings. The van der Waals surface area contributed by atoms with Gasteiger partial charge >= 0.3 is 6.03 Å². The van der Waals surface area contributed by atoms with Gasteiger partial charge in [0, 0.05) is 11.3 Å². The molecule has 33 heavy (non-hydrogen) atoms. The van der Waals surface area contributed by atoms with Crippen LogP contribution in [-0.2, 0) is 15.1 Å². The summed E-state index contributed by atoms with van der Waals surface area (Å²) in [4.78, 5) is 41.4. The van der Waals surface area contributed by atoms with E-state index >= 15 is 0 Å². The summed E-state index contributed by atoms with van der Waals surface area (Å²) in [5.74, 6) is -0.307. The quantitative estimate of drug-likeness (QED) is 0.584. The second-order valence-electron chi connectivity index (χ2n) is 8.26. The summed E-state index contributed by atoms with van der Waals surface area (Å²) in [5, 5.41) is 10.6. The zero-order valence-electron chi connectivity index (χ0n) is 18.1. The third kappa shape index (κ3) is 3.54. The summed E-state index contributed by atoms with van der Waals surface area (Å²) in [6.07, 6.45) is 2.04. The number of amides is 4. The van der Waals surface area contributed by atoms with Crippen molar-refractivity contribution in [3.8, 4) is 0 Å². The summed E-state index contributed by atoms with van der Waals surface area (Å²) in [5.41, 5.74) is 0.998. The number of thiophene rings is 1. The molecular formula is C24H22N4O4S. The van der Waals surface area contributed by atoms with Gasteiger partial charge < -0.3 is 9.73 Å². The molecule has 1 N–H and O–H groups in total. The Bertz CT molecular complexity index is 1250. The Hall–Kier alpha value is -3.72. The minimum atomic E-state index is -1.23. The largest absolute Gasteiger partial charge is 0.463 e. The fourth-order valence-corrected chi connectivity index (χ4v) is 5.21. The predicted octanol–water partition coefficient (Wildman–Crippen LogP) is 3.79. The van der Waals surface area contributed by atoms with Gasteiger partial charge in [-0.3, -0.25) is 14.5 Å². The standard InChI is InChI=1S/C24H22N4O4S/c1-15-7-3-4-8-16(15)24(2)22(30)27(23(31)25-24)14-21(29)28-18(20-10-6-12-33-20)13-17(26-28)19-9-5-11-32-19/h3-12,18H,13-14H2,1-2H3,(H,25,31). The van der Waals surface area contributed by atoms with Gasteiger partial charge in [0.05, 0.1) is 12.3 Å². The summed E-state index contributed by atoms with van der Waals surface area (Å²) in [7, 11) is 0. The lowest BCUT2D eigenvalue weighted by Gasteiger charge is -2.25. The molecule has 9 heteroatoms. The van der Waals surface area contributed by atoms with Crippen LogP contribution in [0.15, 0.2) is 69.7 Å². The highest BCUT2D eigenvalue weighted by molar-refractivity contribution is 7.10. The molecule has 168 valence electrons. The van der Waals surface area contributed by atoms with Crippen molar-refractivity contribution in [1.82, 2.24) is 15.2 Å². The molecular weight excluding hydrogens is 440 g/mol. The zero-order valence-corrected chi connectivity index (χ0v) is 19.0. The average molecular weight is 463 g/mol. The van der Waals surface area contributed by atoms with Gasteiger partial charge in [-0.05, 0) is 48.6 Å². The highest BCUT2D eigenvalue weighted by Gasteiger charge is 2.50. The van der Waals surface area contributed by atoms with Gasteiger partial charge in [0.15, 0.2) is 0 Å². The van der Waals surface area contributed by atoms with Gasteiger partial charge in [0.2, 0.25) is 0 Å². The fraction of sp³-hybridized carbons (Fsp3) is 0.250.